The van der Waals surface area contributed by atoms with E-state index in [2.05, 4.69) is 5.32 Å². The third kappa shape index (κ3) is 3.49. The Labute approximate surface area is 135 Å². The van der Waals surface area contributed by atoms with Gasteiger partial charge in [-0.15, -0.1) is 0 Å². The summed E-state index contributed by atoms with van der Waals surface area (Å²) in [5, 5.41) is 2.38. The molecule has 1 saturated carbocycles. The van der Waals surface area contributed by atoms with Crippen molar-refractivity contribution in [3.63, 3.8) is 0 Å². The summed E-state index contributed by atoms with van der Waals surface area (Å²) in [6, 6.07) is 4.86. The molecular weight excluding hydrogens is 319 g/mol. The van der Waals surface area contributed by atoms with Crippen LogP contribution in [0.2, 0.25) is 0 Å². The molecule has 23 heavy (non-hydrogen) atoms. The Hall–Kier alpha value is -1.63. The quantitative estimate of drug-likeness (QED) is 0.859. The van der Waals surface area contributed by atoms with E-state index in [1.165, 1.54) is 23.5 Å². The monoisotopic (exact) mass is 340 g/mol. The maximum Gasteiger partial charge on any atom is 0.317 e. The molecule has 3 rings (SSSR count). The lowest BCUT2D eigenvalue weighted by Crippen LogP contribution is -2.60. The van der Waals surface area contributed by atoms with Gasteiger partial charge in [0.15, 0.2) is 9.84 Å². The number of carbonyl (C=O) groups is 1. The van der Waals surface area contributed by atoms with E-state index in [0.29, 0.717) is 0 Å². The minimum absolute atomic E-state index is 0.108. The Morgan fingerprint density at radius 2 is 1.70 bits per heavy atom. The Morgan fingerprint density at radius 1 is 1.09 bits per heavy atom. The lowest BCUT2D eigenvalue weighted by molar-refractivity contribution is 0.162. The molecule has 0 bridgehead atoms. The zero-order valence-electron chi connectivity index (χ0n) is 12.9. The second-order valence-electron chi connectivity index (χ2n) is 6.31. The molecule has 1 aromatic rings. The second kappa shape index (κ2) is 6.47. The predicted octanol–water partition coefficient (Wildman–Crippen LogP) is 2.33. The van der Waals surface area contributed by atoms with E-state index in [4.69, 9.17) is 0 Å². The molecule has 0 unspecified atom stereocenters. The Kier molecular flexibility index (Phi) is 4.57. The van der Waals surface area contributed by atoms with Crippen LogP contribution in [0.4, 0.5) is 9.18 Å². The van der Waals surface area contributed by atoms with E-state index < -0.39 is 20.9 Å². The zero-order chi connectivity index (χ0) is 16.4. The molecule has 1 aliphatic heterocycles. The van der Waals surface area contributed by atoms with Crippen molar-refractivity contribution in [2.45, 2.75) is 48.3 Å². The molecule has 2 amide bonds. The van der Waals surface area contributed by atoms with E-state index >= 15 is 0 Å². The van der Waals surface area contributed by atoms with Gasteiger partial charge in [0.25, 0.3) is 0 Å². The molecule has 5 nitrogen and oxygen atoms in total. The van der Waals surface area contributed by atoms with Crippen molar-refractivity contribution in [1.29, 1.82) is 0 Å². The predicted molar refractivity (Wildman–Crippen MR) is 84.4 cm³/mol. The maximum absolute atomic E-state index is 12.9. The fraction of sp³-hybridized carbons (Fsp3) is 0.562. The van der Waals surface area contributed by atoms with Crippen molar-refractivity contribution >= 4 is 15.9 Å². The van der Waals surface area contributed by atoms with Crippen molar-refractivity contribution in [3.8, 4) is 0 Å². The molecule has 126 valence electrons. The summed E-state index contributed by atoms with van der Waals surface area (Å²) < 4.78 is 37.7. The lowest BCUT2D eigenvalue weighted by Gasteiger charge is -2.39. The first-order valence-electron chi connectivity index (χ1n) is 8.02. The molecule has 0 radical (unpaired) electrons. The first-order chi connectivity index (χ1) is 11.0. The molecule has 1 aliphatic carbocycles. The number of rotatable bonds is 3. The lowest BCUT2D eigenvalue weighted by atomic mass is 9.96. The molecule has 0 atom stereocenters. The minimum Gasteiger partial charge on any atom is -0.335 e. The number of halogens is 1. The van der Waals surface area contributed by atoms with Gasteiger partial charge in [0, 0.05) is 19.1 Å². The van der Waals surface area contributed by atoms with Crippen LogP contribution in [-0.2, 0) is 9.84 Å². The number of hydrogen-bond acceptors (Lipinski definition) is 3. The SMILES string of the molecule is O=C(NC1CCCCC1)N1CC(S(=O)(=O)c2ccc(F)cc2)C1. The highest BCUT2D eigenvalue weighted by Crippen LogP contribution is 2.24. The second-order valence-corrected chi connectivity index (χ2v) is 8.54. The third-order valence-corrected chi connectivity index (χ3v) is 6.75. The van der Waals surface area contributed by atoms with Crippen LogP contribution in [0.5, 0.6) is 0 Å². The summed E-state index contributed by atoms with van der Waals surface area (Å²) in [7, 11) is -3.51. The average Bonchev–Trinajstić information content (AvgIpc) is 2.46. The summed E-state index contributed by atoms with van der Waals surface area (Å²) in [4.78, 5) is 13.8. The van der Waals surface area contributed by atoms with Gasteiger partial charge in [-0.3, -0.25) is 0 Å². The van der Waals surface area contributed by atoms with Gasteiger partial charge in [0.05, 0.1) is 4.90 Å². The number of nitrogens with one attached hydrogen (secondary N) is 1. The number of nitrogens with zero attached hydrogens (tertiary/aromatic N) is 1. The average molecular weight is 340 g/mol. The minimum atomic E-state index is -3.51. The highest BCUT2D eigenvalue weighted by atomic mass is 32.2. The molecule has 0 aromatic heterocycles. The molecule has 1 saturated heterocycles. The Morgan fingerprint density at radius 3 is 2.30 bits per heavy atom. The molecule has 2 aliphatic rings. The molecule has 1 aromatic carbocycles. The summed E-state index contributed by atoms with van der Waals surface area (Å²) >= 11 is 0. The van der Waals surface area contributed by atoms with E-state index in [0.717, 1.165) is 37.8 Å². The molecule has 0 spiro atoms. The van der Waals surface area contributed by atoms with Gasteiger partial charge < -0.3 is 10.2 Å². The van der Waals surface area contributed by atoms with Gasteiger partial charge in [-0.05, 0) is 37.1 Å². The van der Waals surface area contributed by atoms with Gasteiger partial charge >= 0.3 is 6.03 Å². The Bertz CT molecular complexity index is 663. The van der Waals surface area contributed by atoms with Gasteiger partial charge in [0.1, 0.15) is 11.1 Å². The van der Waals surface area contributed by atoms with Crippen molar-refractivity contribution in [1.82, 2.24) is 10.2 Å². The first kappa shape index (κ1) is 16.2. The van der Waals surface area contributed by atoms with E-state index in [1.807, 2.05) is 0 Å². The number of carbonyl (C=O) groups excluding carboxylic acids is 1. The molecule has 1 heterocycles. The largest absolute Gasteiger partial charge is 0.335 e. The van der Waals surface area contributed by atoms with Gasteiger partial charge in [0.2, 0.25) is 0 Å². The first-order valence-corrected chi connectivity index (χ1v) is 9.56. The fourth-order valence-electron chi connectivity index (χ4n) is 3.13. The van der Waals surface area contributed by atoms with Gasteiger partial charge in [-0.25, -0.2) is 17.6 Å². The number of sulfone groups is 1. The van der Waals surface area contributed by atoms with Crippen molar-refractivity contribution in [3.05, 3.63) is 30.1 Å². The molecule has 1 N–H and O–H groups in total. The van der Waals surface area contributed by atoms with Crippen LogP contribution >= 0.6 is 0 Å². The Balaban J connectivity index is 1.55. The van der Waals surface area contributed by atoms with Gasteiger partial charge in [-0.2, -0.15) is 0 Å². The van der Waals surface area contributed by atoms with Crippen LogP contribution in [0.15, 0.2) is 29.2 Å². The van der Waals surface area contributed by atoms with Crippen LogP contribution in [0.25, 0.3) is 0 Å². The highest BCUT2D eigenvalue weighted by molar-refractivity contribution is 7.92. The summed E-state index contributed by atoms with van der Waals surface area (Å²) in [5.74, 6) is -0.467. The smallest absolute Gasteiger partial charge is 0.317 e. The fourth-order valence-corrected chi connectivity index (χ4v) is 4.78. The highest BCUT2D eigenvalue weighted by Gasteiger charge is 2.40. The standard InChI is InChI=1S/C16H21FN2O3S/c17-12-6-8-14(9-7-12)23(21,22)15-10-19(11-15)16(20)18-13-4-2-1-3-5-13/h6-9,13,15H,1-5,10-11H2,(H,18,20). The number of hydrogen-bond donors (Lipinski definition) is 1. The van der Waals surface area contributed by atoms with E-state index in [1.54, 1.807) is 0 Å². The van der Waals surface area contributed by atoms with Crippen LogP contribution in [0.1, 0.15) is 32.1 Å². The molecule has 7 heteroatoms. The van der Waals surface area contributed by atoms with Crippen molar-refractivity contribution in [2.24, 2.45) is 0 Å². The number of amides is 2. The normalized spacial score (nSPS) is 20.1. The van der Waals surface area contributed by atoms with Crippen LogP contribution < -0.4 is 5.32 Å². The molecule has 2 fully saturated rings. The number of urea groups is 1. The number of benzene rings is 1. The topological polar surface area (TPSA) is 66.5 Å². The zero-order valence-corrected chi connectivity index (χ0v) is 13.7. The van der Waals surface area contributed by atoms with E-state index in [9.17, 15) is 17.6 Å². The van der Waals surface area contributed by atoms with E-state index in [-0.39, 0.29) is 30.1 Å². The van der Waals surface area contributed by atoms with Crippen LogP contribution in [0, 0.1) is 5.82 Å². The van der Waals surface area contributed by atoms with Crippen molar-refractivity contribution in [2.75, 3.05) is 13.1 Å². The van der Waals surface area contributed by atoms with Crippen LogP contribution in [0.3, 0.4) is 0 Å². The number of likely N-dealkylation sites (tertiary alicyclic amines) is 1. The summed E-state index contributed by atoms with van der Waals surface area (Å²) in [6.07, 6.45) is 5.47. The summed E-state index contributed by atoms with van der Waals surface area (Å²) in [6.45, 7) is 0.385. The van der Waals surface area contributed by atoms with Crippen LogP contribution in [-0.4, -0.2) is 43.7 Å². The molecular formula is C16H21FN2O3S. The summed E-state index contributed by atoms with van der Waals surface area (Å²) in [5.41, 5.74) is 0. The maximum atomic E-state index is 12.9. The van der Waals surface area contributed by atoms with Gasteiger partial charge in [-0.1, -0.05) is 19.3 Å². The third-order valence-electron chi connectivity index (χ3n) is 4.65. The van der Waals surface area contributed by atoms with Crippen molar-refractivity contribution < 1.29 is 17.6 Å².